The second-order valence-corrected chi connectivity index (χ2v) is 4.79. The van der Waals surface area contributed by atoms with E-state index in [0.29, 0.717) is 10.2 Å². The summed E-state index contributed by atoms with van der Waals surface area (Å²) < 4.78 is 37.9. The second-order valence-electron chi connectivity index (χ2n) is 3.07. The number of hydrogen-bond acceptors (Lipinski definition) is 3. The average Bonchev–Trinajstić information content (AvgIpc) is 2.44. The van der Waals surface area contributed by atoms with Crippen LogP contribution in [0.25, 0.3) is 10.2 Å². The molecule has 1 nitrogen and oxygen atoms in total. The molecule has 0 aliphatic carbocycles. The van der Waals surface area contributed by atoms with Crippen molar-refractivity contribution in [2.45, 2.75) is 18.0 Å². The number of hydrogen-bond donors (Lipinski definition) is 1. The Labute approximate surface area is 93.4 Å². The molecule has 1 aromatic heterocycles. The van der Waals surface area contributed by atoms with Crippen molar-refractivity contribution in [2.75, 3.05) is 0 Å². The number of halogens is 3. The van der Waals surface area contributed by atoms with Crippen LogP contribution < -0.4 is 0 Å². The molecule has 0 bridgehead atoms. The minimum Gasteiger partial charge on any atom is -0.240 e. The summed E-state index contributed by atoms with van der Waals surface area (Å²) in [6.07, 6.45) is -4.33. The number of aromatic nitrogens is 1. The van der Waals surface area contributed by atoms with E-state index in [1.165, 1.54) is 11.3 Å². The van der Waals surface area contributed by atoms with Gasteiger partial charge < -0.3 is 0 Å². The molecule has 2 rings (SSSR count). The van der Waals surface area contributed by atoms with Gasteiger partial charge in [-0.2, -0.15) is 13.2 Å². The SMILES string of the molecule is Cc1nc2c(S)cc(C(F)(F)F)cc2s1. The highest BCUT2D eigenvalue weighted by Gasteiger charge is 2.31. The molecular formula is C9H6F3NS2. The Morgan fingerprint density at radius 2 is 2.00 bits per heavy atom. The van der Waals surface area contributed by atoms with Crippen molar-refractivity contribution in [3.05, 3.63) is 22.7 Å². The van der Waals surface area contributed by atoms with Gasteiger partial charge in [0.05, 0.1) is 20.8 Å². The van der Waals surface area contributed by atoms with Gasteiger partial charge in [-0.05, 0) is 19.1 Å². The second kappa shape index (κ2) is 3.38. The third-order valence-electron chi connectivity index (χ3n) is 1.91. The summed E-state index contributed by atoms with van der Waals surface area (Å²) in [6.45, 7) is 1.76. The van der Waals surface area contributed by atoms with E-state index in [9.17, 15) is 13.2 Å². The minimum absolute atomic E-state index is 0.268. The van der Waals surface area contributed by atoms with Gasteiger partial charge in [0, 0.05) is 4.90 Å². The first kappa shape index (κ1) is 10.8. The van der Waals surface area contributed by atoms with E-state index in [-0.39, 0.29) is 4.90 Å². The van der Waals surface area contributed by atoms with Crippen LogP contribution in [-0.2, 0) is 6.18 Å². The van der Waals surface area contributed by atoms with Crippen molar-refractivity contribution in [3.63, 3.8) is 0 Å². The lowest BCUT2D eigenvalue weighted by atomic mass is 10.2. The number of benzene rings is 1. The summed E-state index contributed by atoms with van der Waals surface area (Å²) in [7, 11) is 0. The Morgan fingerprint density at radius 1 is 1.33 bits per heavy atom. The van der Waals surface area contributed by atoms with E-state index in [1.54, 1.807) is 6.92 Å². The van der Waals surface area contributed by atoms with Gasteiger partial charge in [0.15, 0.2) is 0 Å². The molecule has 0 saturated carbocycles. The molecule has 2 aromatic rings. The van der Waals surface area contributed by atoms with Crippen LogP contribution in [0.1, 0.15) is 10.6 Å². The summed E-state index contributed by atoms with van der Waals surface area (Å²) in [4.78, 5) is 4.38. The van der Waals surface area contributed by atoms with Crippen LogP contribution in [-0.4, -0.2) is 4.98 Å². The highest BCUT2D eigenvalue weighted by Crippen LogP contribution is 2.36. The molecule has 80 valence electrons. The van der Waals surface area contributed by atoms with E-state index in [0.717, 1.165) is 17.1 Å². The van der Waals surface area contributed by atoms with Crippen LogP contribution in [0.15, 0.2) is 17.0 Å². The Bertz CT molecular complexity index is 516. The zero-order valence-corrected chi connectivity index (χ0v) is 9.30. The number of thiol groups is 1. The van der Waals surface area contributed by atoms with Gasteiger partial charge in [-0.3, -0.25) is 0 Å². The Morgan fingerprint density at radius 3 is 2.60 bits per heavy atom. The Kier molecular flexibility index (Phi) is 2.42. The van der Waals surface area contributed by atoms with E-state index < -0.39 is 11.7 Å². The summed E-state index contributed by atoms with van der Waals surface area (Å²) >= 11 is 5.25. The van der Waals surface area contributed by atoms with Gasteiger partial charge >= 0.3 is 6.18 Å². The van der Waals surface area contributed by atoms with Crippen molar-refractivity contribution < 1.29 is 13.2 Å². The maximum atomic E-state index is 12.5. The minimum atomic E-state index is -4.33. The van der Waals surface area contributed by atoms with Crippen LogP contribution in [0, 0.1) is 6.92 Å². The maximum Gasteiger partial charge on any atom is 0.416 e. The first-order valence-corrected chi connectivity index (χ1v) is 5.31. The first-order valence-electron chi connectivity index (χ1n) is 4.05. The van der Waals surface area contributed by atoms with Gasteiger partial charge in [-0.15, -0.1) is 24.0 Å². The molecule has 0 spiro atoms. The highest BCUT2D eigenvalue weighted by molar-refractivity contribution is 7.80. The quantitative estimate of drug-likeness (QED) is 0.698. The molecule has 0 fully saturated rings. The predicted octanol–water partition coefficient (Wildman–Crippen LogP) is 3.91. The predicted molar refractivity (Wildman–Crippen MR) is 56.6 cm³/mol. The molecule has 0 unspecified atom stereocenters. The smallest absolute Gasteiger partial charge is 0.240 e. The molecule has 0 radical (unpaired) electrons. The Hall–Kier alpha value is -0.750. The molecule has 0 saturated heterocycles. The molecule has 1 aromatic carbocycles. The van der Waals surface area contributed by atoms with E-state index in [1.807, 2.05) is 0 Å². The molecule has 1 heterocycles. The summed E-state index contributed by atoms with van der Waals surface area (Å²) in [5, 5.41) is 0.736. The van der Waals surface area contributed by atoms with Crippen LogP contribution >= 0.6 is 24.0 Å². The molecule has 15 heavy (non-hydrogen) atoms. The number of rotatable bonds is 0. The standard InChI is InChI=1S/C9H6F3NS2/c1-4-13-8-6(14)2-5(9(10,11)12)3-7(8)15-4/h2-3,14H,1H3. The highest BCUT2D eigenvalue weighted by atomic mass is 32.1. The van der Waals surface area contributed by atoms with Crippen molar-refractivity contribution in [1.29, 1.82) is 0 Å². The fourth-order valence-electron chi connectivity index (χ4n) is 1.29. The number of aryl methyl sites for hydroxylation is 1. The van der Waals surface area contributed by atoms with Crippen molar-refractivity contribution in [2.24, 2.45) is 0 Å². The molecule has 0 amide bonds. The average molecular weight is 249 g/mol. The summed E-state index contributed by atoms with van der Waals surface area (Å²) in [5.74, 6) is 0. The van der Waals surface area contributed by atoms with Crippen LogP contribution in [0.2, 0.25) is 0 Å². The molecule has 6 heteroatoms. The number of fused-ring (bicyclic) bond motifs is 1. The van der Waals surface area contributed by atoms with Crippen molar-refractivity contribution >= 4 is 34.2 Å². The lowest BCUT2D eigenvalue weighted by Gasteiger charge is -2.06. The molecule has 0 N–H and O–H groups in total. The van der Waals surface area contributed by atoms with Crippen LogP contribution in [0.3, 0.4) is 0 Å². The molecule has 0 aliphatic rings. The van der Waals surface area contributed by atoms with Crippen LogP contribution in [0.5, 0.6) is 0 Å². The van der Waals surface area contributed by atoms with E-state index in [4.69, 9.17) is 0 Å². The molecule has 0 aliphatic heterocycles. The lowest BCUT2D eigenvalue weighted by Crippen LogP contribution is -2.04. The fourth-order valence-corrected chi connectivity index (χ4v) is 2.56. The molecular weight excluding hydrogens is 243 g/mol. The van der Waals surface area contributed by atoms with E-state index >= 15 is 0 Å². The normalized spacial score (nSPS) is 12.3. The molecule has 0 atom stereocenters. The van der Waals surface area contributed by atoms with Gasteiger partial charge in [-0.25, -0.2) is 4.98 Å². The monoisotopic (exact) mass is 249 g/mol. The van der Waals surface area contributed by atoms with Gasteiger partial charge in [0.25, 0.3) is 0 Å². The largest absolute Gasteiger partial charge is 0.416 e. The van der Waals surface area contributed by atoms with Gasteiger partial charge in [0.2, 0.25) is 0 Å². The summed E-state index contributed by atoms with van der Waals surface area (Å²) in [6, 6.07) is 2.12. The van der Waals surface area contributed by atoms with Gasteiger partial charge in [-0.1, -0.05) is 0 Å². The number of nitrogens with zero attached hydrogens (tertiary/aromatic N) is 1. The van der Waals surface area contributed by atoms with E-state index in [2.05, 4.69) is 17.6 Å². The third kappa shape index (κ3) is 1.96. The zero-order chi connectivity index (χ0) is 11.2. The number of thiazole rings is 1. The maximum absolute atomic E-state index is 12.5. The van der Waals surface area contributed by atoms with Gasteiger partial charge in [0.1, 0.15) is 0 Å². The topological polar surface area (TPSA) is 12.9 Å². The van der Waals surface area contributed by atoms with Crippen molar-refractivity contribution in [3.8, 4) is 0 Å². The number of alkyl halides is 3. The fraction of sp³-hybridized carbons (Fsp3) is 0.222. The third-order valence-corrected chi connectivity index (χ3v) is 3.17. The summed E-state index contributed by atoms with van der Waals surface area (Å²) in [5.41, 5.74) is -0.141. The zero-order valence-electron chi connectivity index (χ0n) is 7.59. The van der Waals surface area contributed by atoms with Crippen molar-refractivity contribution in [1.82, 2.24) is 4.98 Å². The van der Waals surface area contributed by atoms with Crippen LogP contribution in [0.4, 0.5) is 13.2 Å². The lowest BCUT2D eigenvalue weighted by molar-refractivity contribution is -0.137. The first-order chi connectivity index (χ1) is 6.88. The Balaban J connectivity index is 2.72.